The number of fused-ring (bicyclic) bond motifs is 1. The van der Waals surface area contributed by atoms with Gasteiger partial charge in [0.1, 0.15) is 17.4 Å². The molecule has 6 atom stereocenters. The molecule has 0 saturated carbocycles. The van der Waals surface area contributed by atoms with Gasteiger partial charge in [0.25, 0.3) is 0 Å². The number of nitrogens with zero attached hydrogens (tertiary/aromatic N) is 1. The van der Waals surface area contributed by atoms with Gasteiger partial charge in [-0.15, -0.1) is 0 Å². The van der Waals surface area contributed by atoms with Gasteiger partial charge in [-0.05, 0) is 87.6 Å². The summed E-state index contributed by atoms with van der Waals surface area (Å²) in [6, 6.07) is 12.2. The van der Waals surface area contributed by atoms with Crippen molar-refractivity contribution in [3.05, 3.63) is 53.6 Å². The minimum Gasteiger partial charge on any atom is -0.494 e. The number of likely N-dealkylation sites (tertiary alicyclic amines) is 1. The number of carbonyl (C=O) groups is 3. The number of benzene rings is 2. The average molecular weight is 584 g/mol. The van der Waals surface area contributed by atoms with E-state index in [1.165, 1.54) is 4.90 Å². The Morgan fingerprint density at radius 3 is 2.27 bits per heavy atom. The molecule has 3 amide bonds. The number of hydrogen-bond donors (Lipinski definition) is 3. The minimum absolute atomic E-state index is 0.159. The van der Waals surface area contributed by atoms with Crippen LogP contribution in [0.25, 0.3) is 0 Å². The van der Waals surface area contributed by atoms with Crippen LogP contribution in [-0.2, 0) is 19.1 Å². The number of rotatable bonds is 10. The van der Waals surface area contributed by atoms with Crippen LogP contribution in [0, 0.1) is 17.8 Å². The number of halogens is 1. The summed E-state index contributed by atoms with van der Waals surface area (Å²) in [5.74, 6) is -1.92. The van der Waals surface area contributed by atoms with E-state index >= 15 is 0 Å². The van der Waals surface area contributed by atoms with Crippen LogP contribution in [0.15, 0.2) is 48.5 Å². The lowest BCUT2D eigenvalue weighted by Gasteiger charge is -2.37. The summed E-state index contributed by atoms with van der Waals surface area (Å²) in [7, 11) is 0. The summed E-state index contributed by atoms with van der Waals surface area (Å²) in [4.78, 5) is 43.7. The van der Waals surface area contributed by atoms with Crippen LogP contribution in [-0.4, -0.2) is 64.2 Å². The van der Waals surface area contributed by atoms with Crippen LogP contribution in [0.5, 0.6) is 5.75 Å². The molecule has 3 aliphatic rings. The van der Waals surface area contributed by atoms with E-state index in [1.807, 2.05) is 27.7 Å². The highest BCUT2D eigenvalue weighted by Crippen LogP contribution is 2.63. The van der Waals surface area contributed by atoms with E-state index in [0.29, 0.717) is 48.0 Å². The zero-order chi connectivity index (χ0) is 29.5. The summed E-state index contributed by atoms with van der Waals surface area (Å²) in [6.07, 6.45) is 1.46. The topological polar surface area (TPSA) is 117 Å². The first kappa shape index (κ1) is 29.4. The highest BCUT2D eigenvalue weighted by molar-refractivity contribution is 6.30. The summed E-state index contributed by atoms with van der Waals surface area (Å²) < 4.78 is 12.2. The van der Waals surface area contributed by atoms with Crippen molar-refractivity contribution in [2.75, 3.05) is 23.8 Å². The Morgan fingerprint density at radius 1 is 1.07 bits per heavy atom. The standard InChI is InChI=1S/C31H38ClN3O6/c1-5-40-23-12-10-21(11-13-23)33-27(37)24-25-29(39)35(22(17-36)16-18(2)3)26(31(25)15-14-30(24,4)41-31)28(38)34-20-8-6-19(32)7-9-20/h6-13,18,22,24-26,36H,5,14-17H2,1-4H3,(H,33,37)(H,34,38)/t22-,24+,25+,26?,30-,31?/m1/s1. The van der Waals surface area contributed by atoms with Crippen molar-refractivity contribution in [1.82, 2.24) is 4.90 Å². The Morgan fingerprint density at radius 2 is 1.68 bits per heavy atom. The second kappa shape index (κ2) is 11.3. The first-order valence-electron chi connectivity index (χ1n) is 14.3. The van der Waals surface area contributed by atoms with Crippen LogP contribution in [0.2, 0.25) is 5.02 Å². The van der Waals surface area contributed by atoms with Crippen LogP contribution in [0.4, 0.5) is 11.4 Å². The number of amides is 3. The number of aliphatic hydroxyl groups is 1. The number of aliphatic hydroxyl groups excluding tert-OH is 1. The van der Waals surface area contributed by atoms with E-state index in [9.17, 15) is 19.5 Å². The van der Waals surface area contributed by atoms with E-state index in [-0.39, 0.29) is 24.3 Å². The largest absolute Gasteiger partial charge is 0.494 e. The molecule has 220 valence electrons. The molecule has 3 N–H and O–H groups in total. The van der Waals surface area contributed by atoms with Crippen molar-refractivity contribution in [3.63, 3.8) is 0 Å². The van der Waals surface area contributed by atoms with Gasteiger partial charge in [0.2, 0.25) is 17.7 Å². The predicted molar refractivity (Wildman–Crippen MR) is 156 cm³/mol. The third kappa shape index (κ3) is 5.19. The van der Waals surface area contributed by atoms with Crippen molar-refractivity contribution in [2.24, 2.45) is 17.8 Å². The molecular formula is C31H38ClN3O6. The van der Waals surface area contributed by atoms with Gasteiger partial charge in [-0.2, -0.15) is 0 Å². The fourth-order valence-corrected chi connectivity index (χ4v) is 7.17. The Kier molecular flexibility index (Phi) is 8.07. The normalized spacial score (nSPS) is 29.0. The average Bonchev–Trinajstić information content (AvgIpc) is 3.50. The Hall–Kier alpha value is -3.14. The molecule has 3 heterocycles. The Balaban J connectivity index is 1.50. The van der Waals surface area contributed by atoms with E-state index in [0.717, 1.165) is 0 Å². The van der Waals surface area contributed by atoms with Crippen LogP contribution >= 0.6 is 11.6 Å². The van der Waals surface area contributed by atoms with Crippen molar-refractivity contribution in [3.8, 4) is 5.75 Å². The molecule has 0 radical (unpaired) electrons. The van der Waals surface area contributed by atoms with Crippen molar-refractivity contribution < 1.29 is 29.0 Å². The number of nitrogens with one attached hydrogen (secondary N) is 2. The van der Waals surface area contributed by atoms with Crippen molar-refractivity contribution in [2.45, 2.75) is 70.2 Å². The third-order valence-electron chi connectivity index (χ3n) is 8.64. The number of ether oxygens (including phenoxy) is 2. The second-order valence-corrected chi connectivity index (χ2v) is 12.3. The van der Waals surface area contributed by atoms with Gasteiger partial charge < -0.3 is 30.1 Å². The van der Waals surface area contributed by atoms with E-state index in [1.54, 1.807) is 48.5 Å². The number of anilines is 2. The van der Waals surface area contributed by atoms with E-state index in [4.69, 9.17) is 21.1 Å². The summed E-state index contributed by atoms with van der Waals surface area (Å²) >= 11 is 6.03. The van der Waals surface area contributed by atoms with Gasteiger partial charge >= 0.3 is 0 Å². The lowest BCUT2D eigenvalue weighted by Crippen LogP contribution is -2.56. The van der Waals surface area contributed by atoms with Gasteiger partial charge in [-0.25, -0.2) is 0 Å². The molecule has 1 spiro atoms. The molecule has 3 saturated heterocycles. The number of hydrogen-bond acceptors (Lipinski definition) is 6. The molecule has 2 aromatic carbocycles. The molecule has 3 aliphatic heterocycles. The Bertz CT molecular complexity index is 1300. The van der Waals surface area contributed by atoms with Gasteiger partial charge in [0.05, 0.1) is 36.7 Å². The molecule has 5 rings (SSSR count). The van der Waals surface area contributed by atoms with Gasteiger partial charge in [-0.1, -0.05) is 25.4 Å². The summed E-state index contributed by atoms with van der Waals surface area (Å²) in [5.41, 5.74) is -1.02. The Labute approximate surface area is 245 Å². The van der Waals surface area contributed by atoms with Crippen LogP contribution in [0.3, 0.4) is 0 Å². The predicted octanol–water partition coefficient (Wildman–Crippen LogP) is 4.49. The molecule has 2 aromatic rings. The quantitative estimate of drug-likeness (QED) is 0.379. The number of carbonyl (C=O) groups excluding carboxylic acids is 3. The maximum absolute atomic E-state index is 14.3. The zero-order valence-corrected chi connectivity index (χ0v) is 24.6. The van der Waals surface area contributed by atoms with Crippen LogP contribution < -0.4 is 15.4 Å². The molecule has 9 nitrogen and oxygen atoms in total. The summed E-state index contributed by atoms with van der Waals surface area (Å²) in [5, 5.41) is 16.8. The summed E-state index contributed by atoms with van der Waals surface area (Å²) in [6.45, 7) is 7.98. The second-order valence-electron chi connectivity index (χ2n) is 11.9. The molecule has 0 aliphatic carbocycles. The molecule has 3 fully saturated rings. The van der Waals surface area contributed by atoms with Gasteiger partial charge in [0.15, 0.2) is 0 Å². The first-order valence-corrected chi connectivity index (χ1v) is 14.6. The molecule has 10 heteroatoms. The minimum atomic E-state index is -1.20. The van der Waals surface area contributed by atoms with E-state index in [2.05, 4.69) is 10.6 Å². The maximum atomic E-state index is 14.3. The molecule has 0 aromatic heterocycles. The third-order valence-corrected chi connectivity index (χ3v) is 8.89. The molecule has 41 heavy (non-hydrogen) atoms. The fourth-order valence-electron chi connectivity index (χ4n) is 7.04. The first-order chi connectivity index (χ1) is 19.5. The lowest BCUT2D eigenvalue weighted by atomic mass is 9.66. The molecule has 2 bridgehead atoms. The van der Waals surface area contributed by atoms with Gasteiger partial charge in [-0.3, -0.25) is 14.4 Å². The highest BCUT2D eigenvalue weighted by atomic mass is 35.5. The smallest absolute Gasteiger partial charge is 0.250 e. The van der Waals surface area contributed by atoms with Gasteiger partial charge in [0, 0.05) is 16.4 Å². The molecular weight excluding hydrogens is 546 g/mol. The zero-order valence-electron chi connectivity index (χ0n) is 23.9. The monoisotopic (exact) mass is 583 g/mol. The van der Waals surface area contributed by atoms with Crippen LogP contribution in [0.1, 0.15) is 47.0 Å². The highest BCUT2D eigenvalue weighted by Gasteiger charge is 2.78. The SMILES string of the molecule is CCOc1ccc(NC(=O)[C@@H]2[C@H]3C(=O)N([C@@H](CO)CC(C)C)C(C(=O)Nc4ccc(Cl)cc4)C34CC[C@@]2(C)O4)cc1. The van der Waals surface area contributed by atoms with E-state index < -0.39 is 41.0 Å². The maximum Gasteiger partial charge on any atom is 0.250 e. The van der Waals surface area contributed by atoms with Crippen molar-refractivity contribution >= 4 is 40.7 Å². The lowest BCUT2D eigenvalue weighted by molar-refractivity contribution is -0.147. The van der Waals surface area contributed by atoms with Crippen molar-refractivity contribution in [1.29, 1.82) is 0 Å². The molecule has 2 unspecified atom stereocenters. The fraction of sp³-hybridized carbons (Fsp3) is 0.516.